The molecule has 1 aromatic rings. The largest absolute Gasteiger partial charge is 0.478 e. The highest BCUT2D eigenvalue weighted by Gasteiger charge is 2.44. The number of sulfonamides is 1. The molecule has 1 N–H and O–H groups in total. The molecule has 0 radical (unpaired) electrons. The number of hydrogen-bond donors (Lipinski definition) is 1. The van der Waals surface area contributed by atoms with Crippen molar-refractivity contribution in [1.29, 1.82) is 0 Å². The van der Waals surface area contributed by atoms with Gasteiger partial charge in [-0.15, -0.1) is 0 Å². The molecule has 20 heavy (non-hydrogen) atoms. The van der Waals surface area contributed by atoms with Crippen molar-refractivity contribution in [2.24, 2.45) is 5.92 Å². The number of rotatable bonds is 3. The third-order valence-electron chi connectivity index (χ3n) is 4.13. The summed E-state index contributed by atoms with van der Waals surface area (Å²) in [6, 6.07) is 4.41. The van der Waals surface area contributed by atoms with E-state index in [-0.39, 0.29) is 16.5 Å². The monoisotopic (exact) mass is 407 g/mol. The summed E-state index contributed by atoms with van der Waals surface area (Å²) in [5.41, 5.74) is 0.0380. The Bertz CT molecular complexity index is 673. The van der Waals surface area contributed by atoms with Gasteiger partial charge in [-0.25, -0.2) is 13.2 Å². The van der Waals surface area contributed by atoms with E-state index < -0.39 is 16.0 Å². The van der Waals surface area contributed by atoms with Gasteiger partial charge in [0.2, 0.25) is 10.0 Å². The van der Waals surface area contributed by atoms with Crippen molar-refractivity contribution in [1.82, 2.24) is 4.31 Å². The molecule has 2 unspecified atom stereocenters. The predicted octanol–water partition coefficient (Wildman–Crippen LogP) is 2.16. The lowest BCUT2D eigenvalue weighted by atomic mass is 10.1. The Balaban J connectivity index is 2.00. The number of piperidine rings is 1. The number of carboxylic acid groups (broad SMARTS) is 1. The second-order valence-corrected chi connectivity index (χ2v) is 8.41. The summed E-state index contributed by atoms with van der Waals surface area (Å²) in [7, 11) is -3.58. The zero-order valence-electron chi connectivity index (χ0n) is 10.6. The molecule has 1 saturated carbocycles. The second-order valence-electron chi connectivity index (χ2n) is 5.35. The van der Waals surface area contributed by atoms with Gasteiger partial charge >= 0.3 is 5.97 Å². The molecule has 108 valence electrons. The highest BCUT2D eigenvalue weighted by atomic mass is 127. The maximum atomic E-state index is 12.6. The minimum Gasteiger partial charge on any atom is -0.478 e. The van der Waals surface area contributed by atoms with Gasteiger partial charge in [-0.3, -0.25) is 0 Å². The number of aromatic carboxylic acids is 1. The van der Waals surface area contributed by atoms with Gasteiger partial charge in [0.25, 0.3) is 0 Å². The van der Waals surface area contributed by atoms with E-state index in [2.05, 4.69) is 0 Å². The third kappa shape index (κ3) is 2.25. The second kappa shape index (κ2) is 4.96. The molecule has 2 bridgehead atoms. The molecule has 0 amide bonds. The first kappa shape index (κ1) is 14.3. The lowest BCUT2D eigenvalue weighted by Crippen LogP contribution is -2.37. The van der Waals surface area contributed by atoms with Crippen LogP contribution in [0.3, 0.4) is 0 Å². The molecule has 7 heteroatoms. The number of carbonyl (C=O) groups is 1. The fourth-order valence-corrected chi connectivity index (χ4v) is 5.47. The van der Waals surface area contributed by atoms with Crippen molar-refractivity contribution in [2.45, 2.75) is 30.2 Å². The summed E-state index contributed by atoms with van der Waals surface area (Å²) >= 11 is 1.90. The molecule has 1 aromatic carbocycles. The molecule has 0 aromatic heterocycles. The van der Waals surface area contributed by atoms with Crippen LogP contribution < -0.4 is 0 Å². The molecule has 1 saturated heterocycles. The van der Waals surface area contributed by atoms with Gasteiger partial charge in [0, 0.05) is 16.2 Å². The van der Waals surface area contributed by atoms with Crippen molar-refractivity contribution in [3.05, 3.63) is 27.3 Å². The zero-order chi connectivity index (χ0) is 14.5. The van der Waals surface area contributed by atoms with Crippen LogP contribution in [-0.2, 0) is 10.0 Å². The number of benzene rings is 1. The number of fused-ring (bicyclic) bond motifs is 2. The highest BCUT2D eigenvalue weighted by Crippen LogP contribution is 2.40. The topological polar surface area (TPSA) is 74.7 Å². The van der Waals surface area contributed by atoms with Crippen LogP contribution in [-0.4, -0.2) is 36.4 Å². The number of nitrogens with zero attached hydrogens (tertiary/aromatic N) is 1. The van der Waals surface area contributed by atoms with Gasteiger partial charge in [-0.1, -0.05) is 0 Å². The van der Waals surface area contributed by atoms with Crippen molar-refractivity contribution in [3.63, 3.8) is 0 Å². The molecule has 0 spiro atoms. The summed E-state index contributed by atoms with van der Waals surface area (Å²) in [6.07, 6.45) is 2.96. The van der Waals surface area contributed by atoms with Gasteiger partial charge < -0.3 is 5.11 Å². The van der Waals surface area contributed by atoms with Crippen LogP contribution in [0.1, 0.15) is 29.6 Å². The molecule has 2 fully saturated rings. The molecular weight excluding hydrogens is 393 g/mol. The van der Waals surface area contributed by atoms with Crippen molar-refractivity contribution in [3.8, 4) is 0 Å². The van der Waals surface area contributed by atoms with Crippen molar-refractivity contribution in [2.75, 3.05) is 6.54 Å². The number of hydrogen-bond acceptors (Lipinski definition) is 3. The Labute approximate surface area is 131 Å². The van der Waals surface area contributed by atoms with E-state index in [0.29, 0.717) is 16.0 Å². The Morgan fingerprint density at radius 1 is 1.35 bits per heavy atom. The van der Waals surface area contributed by atoms with Crippen LogP contribution in [0.2, 0.25) is 0 Å². The van der Waals surface area contributed by atoms with Gasteiger partial charge in [0.1, 0.15) is 0 Å². The van der Waals surface area contributed by atoms with Crippen LogP contribution in [0.15, 0.2) is 23.1 Å². The molecule has 2 atom stereocenters. The van der Waals surface area contributed by atoms with Gasteiger partial charge in [0.05, 0.1) is 10.5 Å². The first-order chi connectivity index (χ1) is 9.39. The summed E-state index contributed by atoms with van der Waals surface area (Å²) in [5.74, 6) is -0.632. The van der Waals surface area contributed by atoms with E-state index in [4.69, 9.17) is 5.11 Å². The van der Waals surface area contributed by atoms with Gasteiger partial charge in [-0.2, -0.15) is 4.31 Å². The lowest BCUT2D eigenvalue weighted by molar-refractivity contribution is 0.0695. The minimum absolute atomic E-state index is 0.0380. The first-order valence-corrected chi connectivity index (χ1v) is 8.96. The average molecular weight is 407 g/mol. The number of halogens is 1. The van der Waals surface area contributed by atoms with Crippen LogP contribution in [0.25, 0.3) is 0 Å². The first-order valence-electron chi connectivity index (χ1n) is 6.44. The summed E-state index contributed by atoms with van der Waals surface area (Å²) in [5, 5.41) is 9.11. The third-order valence-corrected chi connectivity index (χ3v) is 6.99. The van der Waals surface area contributed by atoms with Gasteiger partial charge in [0.15, 0.2) is 0 Å². The van der Waals surface area contributed by atoms with Crippen LogP contribution in [0, 0.1) is 9.49 Å². The Morgan fingerprint density at radius 2 is 2.10 bits per heavy atom. The summed E-state index contributed by atoms with van der Waals surface area (Å²) in [4.78, 5) is 11.2. The molecule has 5 nitrogen and oxygen atoms in total. The Kier molecular flexibility index (Phi) is 3.54. The Morgan fingerprint density at radius 3 is 2.65 bits per heavy atom. The van der Waals surface area contributed by atoms with E-state index in [9.17, 15) is 13.2 Å². The molecule has 3 rings (SSSR count). The van der Waals surface area contributed by atoms with Gasteiger partial charge in [-0.05, 0) is 66.0 Å². The fraction of sp³-hybridized carbons (Fsp3) is 0.462. The van der Waals surface area contributed by atoms with Crippen molar-refractivity contribution >= 4 is 38.6 Å². The molecule has 1 aliphatic carbocycles. The normalized spacial score (nSPS) is 26.1. The summed E-state index contributed by atoms with van der Waals surface area (Å²) < 4.78 is 27.4. The quantitative estimate of drug-likeness (QED) is 0.780. The lowest BCUT2D eigenvalue weighted by Gasteiger charge is -2.26. The predicted molar refractivity (Wildman–Crippen MR) is 81.1 cm³/mol. The Hall–Kier alpha value is -0.670. The maximum Gasteiger partial charge on any atom is 0.336 e. The summed E-state index contributed by atoms with van der Waals surface area (Å²) in [6.45, 7) is 0.571. The van der Waals surface area contributed by atoms with E-state index in [1.54, 1.807) is 10.4 Å². The average Bonchev–Trinajstić information content (AvgIpc) is 3.01. The minimum atomic E-state index is -3.58. The fourth-order valence-electron chi connectivity index (χ4n) is 3.14. The standard InChI is InChI=1S/C13H14INO4S/c14-12-4-3-10(6-11(12)13(16)17)20(18,19)15-7-8-1-2-9(15)5-8/h3-4,6,8-9H,1-2,5,7H2,(H,16,17). The van der Waals surface area contributed by atoms with Crippen LogP contribution in [0.5, 0.6) is 0 Å². The smallest absolute Gasteiger partial charge is 0.336 e. The van der Waals surface area contributed by atoms with Crippen LogP contribution in [0.4, 0.5) is 0 Å². The van der Waals surface area contributed by atoms with E-state index >= 15 is 0 Å². The van der Waals surface area contributed by atoms with Crippen molar-refractivity contribution < 1.29 is 18.3 Å². The maximum absolute atomic E-state index is 12.6. The van der Waals surface area contributed by atoms with E-state index in [1.165, 1.54) is 12.1 Å². The number of carboxylic acids is 1. The molecular formula is C13H14INO4S. The SMILES string of the molecule is O=C(O)c1cc(S(=O)(=O)N2CC3CCC2C3)ccc1I. The van der Waals surface area contributed by atoms with E-state index in [1.807, 2.05) is 22.6 Å². The zero-order valence-corrected chi connectivity index (χ0v) is 13.6. The van der Waals surface area contributed by atoms with E-state index in [0.717, 1.165) is 19.3 Å². The van der Waals surface area contributed by atoms with Crippen LogP contribution >= 0.6 is 22.6 Å². The molecule has 1 heterocycles. The highest BCUT2D eigenvalue weighted by molar-refractivity contribution is 14.1. The molecule has 1 aliphatic heterocycles. The molecule has 2 aliphatic rings.